The van der Waals surface area contributed by atoms with E-state index in [0.29, 0.717) is 12.2 Å². The van der Waals surface area contributed by atoms with E-state index < -0.39 is 4.92 Å². The van der Waals surface area contributed by atoms with Gasteiger partial charge in [-0.05, 0) is 22.7 Å². The van der Waals surface area contributed by atoms with E-state index in [4.69, 9.17) is 12.2 Å². The summed E-state index contributed by atoms with van der Waals surface area (Å²) in [7, 11) is 0. The third-order valence-electron chi connectivity index (χ3n) is 2.80. The van der Waals surface area contributed by atoms with Crippen molar-refractivity contribution in [2.45, 2.75) is 6.42 Å². The predicted molar refractivity (Wildman–Crippen MR) is 75.0 cm³/mol. The minimum atomic E-state index is -0.537. The number of aromatic amines is 2. The molecule has 20 heavy (non-hydrogen) atoms. The molecule has 3 rings (SSSR count). The molecular weight excluding hydrogens is 278 g/mol. The molecule has 0 aliphatic rings. The Hall–Kier alpha value is -2.61. The van der Waals surface area contributed by atoms with Gasteiger partial charge in [0.25, 0.3) is 4.77 Å². The van der Waals surface area contributed by atoms with Crippen LogP contribution in [0.25, 0.3) is 11.2 Å². The Bertz CT molecular complexity index is 840. The summed E-state index contributed by atoms with van der Waals surface area (Å²) >= 11 is 4.86. The second kappa shape index (κ2) is 4.82. The number of hydrogen-bond acceptors (Lipinski definition) is 5. The number of H-pyrrole nitrogens is 2. The van der Waals surface area contributed by atoms with Gasteiger partial charge in [-0.1, -0.05) is 30.3 Å². The smallest absolute Gasteiger partial charge is 0.350 e. The lowest BCUT2D eigenvalue weighted by molar-refractivity contribution is -0.387. The summed E-state index contributed by atoms with van der Waals surface area (Å²) in [5, 5.41) is 11.0. The zero-order valence-corrected chi connectivity index (χ0v) is 11.0. The first-order chi connectivity index (χ1) is 9.63. The van der Waals surface area contributed by atoms with Crippen LogP contribution in [0.3, 0.4) is 0 Å². The third-order valence-corrected chi connectivity index (χ3v) is 2.99. The minimum absolute atomic E-state index is 0.0435. The van der Waals surface area contributed by atoms with E-state index in [2.05, 4.69) is 19.9 Å². The summed E-state index contributed by atoms with van der Waals surface area (Å²) in [6, 6.07) is 9.69. The normalized spacial score (nSPS) is 10.8. The third kappa shape index (κ3) is 2.28. The number of hydrogen-bond donors (Lipinski definition) is 2. The van der Waals surface area contributed by atoms with Crippen LogP contribution in [0.4, 0.5) is 5.82 Å². The van der Waals surface area contributed by atoms with Crippen molar-refractivity contribution in [1.29, 1.82) is 0 Å². The molecule has 0 radical (unpaired) electrons. The summed E-state index contributed by atoms with van der Waals surface area (Å²) in [6.07, 6.45) is 0.543. The molecule has 2 N–H and O–H groups in total. The lowest BCUT2D eigenvalue weighted by Gasteiger charge is -1.96. The SMILES string of the molecule is O=[N+]([O-])c1[nH]c(=S)nc2nc(Cc3ccccc3)[nH]c12. The minimum Gasteiger partial charge on any atom is -0.358 e. The van der Waals surface area contributed by atoms with Gasteiger partial charge in [0, 0.05) is 6.42 Å². The number of nitrogens with one attached hydrogen (secondary N) is 2. The number of nitrogens with zero attached hydrogens (tertiary/aromatic N) is 3. The van der Waals surface area contributed by atoms with Crippen molar-refractivity contribution in [3.63, 3.8) is 0 Å². The molecule has 2 heterocycles. The van der Waals surface area contributed by atoms with Gasteiger partial charge >= 0.3 is 5.82 Å². The zero-order chi connectivity index (χ0) is 14.1. The largest absolute Gasteiger partial charge is 0.358 e. The molecule has 3 aromatic rings. The van der Waals surface area contributed by atoms with Crippen molar-refractivity contribution < 1.29 is 4.92 Å². The highest BCUT2D eigenvalue weighted by atomic mass is 32.1. The predicted octanol–water partition coefficient (Wildman–Crippen LogP) is 2.51. The van der Waals surface area contributed by atoms with Crippen LogP contribution in [0.2, 0.25) is 0 Å². The van der Waals surface area contributed by atoms with Crippen LogP contribution in [0, 0.1) is 14.9 Å². The molecule has 0 saturated carbocycles. The standard InChI is InChI=1S/C12H9N5O2S/c18-17(19)11-9-10(15-12(20)16-11)14-8(13-9)6-7-4-2-1-3-5-7/h1-5H,6H2,(H2,13,14,15,16,20). The van der Waals surface area contributed by atoms with Gasteiger partial charge in [0.15, 0.2) is 11.2 Å². The molecule has 0 spiro atoms. The molecule has 0 unspecified atom stereocenters. The van der Waals surface area contributed by atoms with Crippen molar-refractivity contribution in [2.24, 2.45) is 0 Å². The highest BCUT2D eigenvalue weighted by molar-refractivity contribution is 7.71. The summed E-state index contributed by atoms with van der Waals surface area (Å²) in [4.78, 5) is 24.1. The van der Waals surface area contributed by atoms with E-state index in [0.717, 1.165) is 5.56 Å². The first kappa shape index (κ1) is 12.4. The molecular formula is C12H9N5O2S. The van der Waals surface area contributed by atoms with Crippen molar-refractivity contribution in [3.8, 4) is 0 Å². The molecule has 7 nitrogen and oxygen atoms in total. The van der Waals surface area contributed by atoms with Crippen LogP contribution in [0.5, 0.6) is 0 Å². The topological polar surface area (TPSA) is 100 Å². The highest BCUT2D eigenvalue weighted by Gasteiger charge is 2.17. The first-order valence-corrected chi connectivity index (χ1v) is 6.21. The second-order valence-corrected chi connectivity index (χ2v) is 4.58. The lowest BCUT2D eigenvalue weighted by atomic mass is 10.1. The van der Waals surface area contributed by atoms with Gasteiger partial charge < -0.3 is 15.1 Å². The molecule has 2 aromatic heterocycles. The Morgan fingerprint density at radius 3 is 2.65 bits per heavy atom. The zero-order valence-electron chi connectivity index (χ0n) is 10.2. The molecule has 100 valence electrons. The molecule has 8 heteroatoms. The Morgan fingerprint density at radius 2 is 1.95 bits per heavy atom. The Morgan fingerprint density at radius 1 is 1.20 bits per heavy atom. The highest BCUT2D eigenvalue weighted by Crippen LogP contribution is 2.20. The van der Waals surface area contributed by atoms with E-state index in [9.17, 15) is 10.1 Å². The van der Waals surface area contributed by atoms with Crippen molar-refractivity contribution >= 4 is 29.2 Å². The summed E-state index contributed by atoms with van der Waals surface area (Å²) in [6.45, 7) is 0. The first-order valence-electron chi connectivity index (χ1n) is 5.81. The average molecular weight is 287 g/mol. The number of aromatic nitrogens is 4. The number of fused-ring (bicyclic) bond motifs is 1. The van der Waals surface area contributed by atoms with Gasteiger partial charge in [0.05, 0.1) is 0 Å². The number of nitro groups is 1. The fourth-order valence-corrected chi connectivity index (χ4v) is 2.14. The molecule has 0 saturated heterocycles. The quantitative estimate of drug-likeness (QED) is 0.438. The van der Waals surface area contributed by atoms with Crippen molar-refractivity contribution in [1.82, 2.24) is 19.9 Å². The van der Waals surface area contributed by atoms with Crippen LogP contribution in [0.15, 0.2) is 30.3 Å². The van der Waals surface area contributed by atoms with Crippen LogP contribution >= 0.6 is 12.2 Å². The van der Waals surface area contributed by atoms with Gasteiger partial charge in [-0.25, -0.2) is 9.97 Å². The maximum Gasteiger partial charge on any atom is 0.350 e. The molecule has 0 bridgehead atoms. The van der Waals surface area contributed by atoms with Crippen LogP contribution in [-0.4, -0.2) is 24.9 Å². The van der Waals surface area contributed by atoms with E-state index in [1.54, 1.807) is 0 Å². The number of imidazole rings is 1. The molecule has 0 fully saturated rings. The maximum atomic E-state index is 11.0. The fraction of sp³-hybridized carbons (Fsp3) is 0.0833. The summed E-state index contributed by atoms with van der Waals surface area (Å²) < 4.78 is 0.0435. The summed E-state index contributed by atoms with van der Waals surface area (Å²) in [5.74, 6) is 0.391. The molecule has 0 aliphatic heterocycles. The van der Waals surface area contributed by atoms with E-state index in [-0.39, 0.29) is 21.8 Å². The average Bonchev–Trinajstić information content (AvgIpc) is 2.80. The Balaban J connectivity index is 2.09. The van der Waals surface area contributed by atoms with Crippen LogP contribution in [-0.2, 0) is 6.42 Å². The van der Waals surface area contributed by atoms with Crippen LogP contribution < -0.4 is 0 Å². The van der Waals surface area contributed by atoms with Gasteiger partial charge in [-0.3, -0.25) is 0 Å². The molecule has 0 amide bonds. The van der Waals surface area contributed by atoms with Crippen molar-refractivity contribution in [2.75, 3.05) is 0 Å². The van der Waals surface area contributed by atoms with E-state index in [1.807, 2.05) is 30.3 Å². The number of rotatable bonds is 3. The summed E-state index contributed by atoms with van der Waals surface area (Å²) in [5.41, 5.74) is 1.57. The fourth-order valence-electron chi connectivity index (χ4n) is 1.96. The van der Waals surface area contributed by atoms with Gasteiger partial charge in [0.2, 0.25) is 0 Å². The molecule has 0 atom stereocenters. The second-order valence-electron chi connectivity index (χ2n) is 4.19. The monoisotopic (exact) mass is 287 g/mol. The Kier molecular flexibility index (Phi) is 2.99. The van der Waals surface area contributed by atoms with E-state index >= 15 is 0 Å². The Labute approximate surface area is 117 Å². The lowest BCUT2D eigenvalue weighted by Crippen LogP contribution is -1.95. The van der Waals surface area contributed by atoms with E-state index in [1.165, 1.54) is 0 Å². The van der Waals surface area contributed by atoms with Crippen LogP contribution in [0.1, 0.15) is 11.4 Å². The van der Waals surface area contributed by atoms with Gasteiger partial charge in [-0.2, -0.15) is 4.98 Å². The molecule has 0 aliphatic carbocycles. The molecule has 1 aromatic carbocycles. The van der Waals surface area contributed by atoms with Crippen molar-refractivity contribution in [3.05, 3.63) is 56.6 Å². The number of benzene rings is 1. The van der Waals surface area contributed by atoms with Gasteiger partial charge in [-0.15, -0.1) is 0 Å². The maximum absolute atomic E-state index is 11.0. The van der Waals surface area contributed by atoms with Gasteiger partial charge in [0.1, 0.15) is 5.82 Å².